The summed E-state index contributed by atoms with van der Waals surface area (Å²) < 4.78 is 16.4. The van der Waals surface area contributed by atoms with Gasteiger partial charge in [-0.05, 0) is 102 Å². The van der Waals surface area contributed by atoms with Crippen LogP contribution >= 0.6 is 0 Å². The molecular formula is C49H36N2OS. The molecule has 0 spiro atoms. The second-order valence-electron chi connectivity index (χ2n) is 13.8. The number of hydrogen-bond acceptors (Lipinski definition) is 2. The first-order chi connectivity index (χ1) is 26.2. The van der Waals surface area contributed by atoms with Gasteiger partial charge in [-0.25, -0.2) is 4.21 Å². The molecule has 7 aromatic carbocycles. The van der Waals surface area contributed by atoms with Gasteiger partial charge in [0.15, 0.2) is 0 Å². The molecule has 0 bridgehead atoms. The van der Waals surface area contributed by atoms with E-state index in [1.807, 2.05) is 24.3 Å². The molecule has 254 valence electrons. The van der Waals surface area contributed by atoms with Gasteiger partial charge in [-0.2, -0.15) is 0 Å². The van der Waals surface area contributed by atoms with Crippen molar-refractivity contribution in [3.63, 3.8) is 0 Å². The monoisotopic (exact) mass is 700 g/mol. The van der Waals surface area contributed by atoms with Gasteiger partial charge in [0.1, 0.15) is 0 Å². The molecule has 0 amide bonds. The number of fused-ring (bicyclic) bond motifs is 5. The summed E-state index contributed by atoms with van der Waals surface area (Å²) in [7, 11) is -1.34. The van der Waals surface area contributed by atoms with E-state index in [1.54, 1.807) is 0 Å². The van der Waals surface area contributed by atoms with E-state index in [1.165, 1.54) is 44.4 Å². The lowest BCUT2D eigenvalue weighted by atomic mass is 9.62. The molecule has 0 saturated carbocycles. The summed E-state index contributed by atoms with van der Waals surface area (Å²) in [5.41, 5.74) is 12.6. The summed E-state index contributed by atoms with van der Waals surface area (Å²) >= 11 is 0. The van der Waals surface area contributed by atoms with Crippen LogP contribution in [0.2, 0.25) is 0 Å². The van der Waals surface area contributed by atoms with Crippen LogP contribution in [0.3, 0.4) is 0 Å². The topological polar surface area (TPSA) is 25.2 Å². The highest BCUT2D eigenvalue weighted by atomic mass is 32.2. The van der Waals surface area contributed by atoms with Crippen LogP contribution in [0.15, 0.2) is 198 Å². The molecule has 0 radical (unpaired) electrons. The zero-order chi connectivity index (χ0) is 35.4. The predicted octanol–water partition coefficient (Wildman–Crippen LogP) is 11.9. The maximum Gasteiger partial charge on any atom is 0.0849 e. The number of para-hydroxylation sites is 3. The summed E-state index contributed by atoms with van der Waals surface area (Å²) in [4.78, 5) is 3.92. The first-order valence-electron chi connectivity index (χ1n) is 18.2. The van der Waals surface area contributed by atoms with Crippen molar-refractivity contribution < 1.29 is 4.21 Å². The average Bonchev–Trinajstić information content (AvgIpc) is 3.58. The molecular weight excluding hydrogens is 665 g/mol. The summed E-state index contributed by atoms with van der Waals surface area (Å²) in [6.45, 7) is 0. The molecule has 10 rings (SSSR count). The molecule has 1 atom stereocenters. The molecule has 1 unspecified atom stereocenters. The maximum atomic E-state index is 14.1. The number of benzene rings is 7. The van der Waals surface area contributed by atoms with E-state index in [9.17, 15) is 4.21 Å². The van der Waals surface area contributed by atoms with Crippen LogP contribution in [0.25, 0.3) is 22.7 Å². The second kappa shape index (κ2) is 12.8. The number of anilines is 3. The minimum atomic E-state index is -1.34. The van der Waals surface area contributed by atoms with Crippen LogP contribution in [-0.4, -0.2) is 8.78 Å². The van der Waals surface area contributed by atoms with Crippen molar-refractivity contribution in [2.24, 2.45) is 0 Å². The number of hydrogen-bond donors (Lipinski definition) is 0. The first kappa shape index (κ1) is 31.5. The summed E-state index contributed by atoms with van der Waals surface area (Å²) in [5.74, 6) is 0. The zero-order valence-corrected chi connectivity index (χ0v) is 29.9. The standard InChI is InChI=1S/C49H36N2OS/c52-53(39-31-27-37(28-32-39)50-45-23-11-7-19-41(45)42-20-8-12-24-46(42)50)40-33-29-38(30-34-40)51-47-25-13-9-21-43(47)49(35-15-3-1-4-16-35,36-17-5-2-6-18-36)44-22-10-14-26-48(44)51/h1-11,13-23,25-34H,12,24H2. The molecule has 0 fully saturated rings. The van der Waals surface area contributed by atoms with Crippen molar-refractivity contribution in [3.8, 4) is 5.69 Å². The van der Waals surface area contributed by atoms with E-state index in [0.717, 1.165) is 45.4 Å². The fraction of sp³-hybridized carbons (Fsp3) is 0.0612. The van der Waals surface area contributed by atoms with E-state index in [4.69, 9.17) is 0 Å². The molecule has 2 aliphatic rings. The molecule has 4 heteroatoms. The van der Waals surface area contributed by atoms with Crippen LogP contribution < -0.4 is 4.90 Å². The first-order valence-corrected chi connectivity index (χ1v) is 19.4. The highest BCUT2D eigenvalue weighted by Crippen LogP contribution is 2.57. The highest BCUT2D eigenvalue weighted by molar-refractivity contribution is 7.85. The minimum absolute atomic E-state index is 0.511. The fourth-order valence-electron chi connectivity index (χ4n) is 8.73. The van der Waals surface area contributed by atoms with E-state index >= 15 is 0 Å². The van der Waals surface area contributed by atoms with Gasteiger partial charge in [0.05, 0.1) is 33.1 Å². The lowest BCUT2D eigenvalue weighted by Crippen LogP contribution is -2.37. The van der Waals surface area contributed by atoms with Crippen LogP contribution in [0, 0.1) is 0 Å². The zero-order valence-electron chi connectivity index (χ0n) is 29.1. The van der Waals surface area contributed by atoms with E-state index in [0.29, 0.717) is 0 Å². The minimum Gasteiger partial charge on any atom is -0.313 e. The molecule has 1 aromatic heterocycles. The van der Waals surface area contributed by atoms with Gasteiger partial charge in [0.25, 0.3) is 0 Å². The third kappa shape index (κ3) is 4.90. The summed E-state index contributed by atoms with van der Waals surface area (Å²) in [5, 5.41) is 1.27. The Morgan fingerprint density at radius 3 is 1.62 bits per heavy atom. The molecule has 1 aliphatic carbocycles. The van der Waals surface area contributed by atoms with E-state index < -0.39 is 16.2 Å². The maximum absolute atomic E-state index is 14.1. The van der Waals surface area contributed by atoms with Crippen molar-refractivity contribution in [1.29, 1.82) is 0 Å². The second-order valence-corrected chi connectivity index (χ2v) is 15.2. The van der Waals surface area contributed by atoms with Gasteiger partial charge in [-0.3, -0.25) is 0 Å². The third-order valence-electron chi connectivity index (χ3n) is 11.0. The number of rotatable bonds is 6. The SMILES string of the molecule is O=S(c1ccc(N2c3ccccc3C(c3ccccc3)(c3ccccc3)c3ccccc32)cc1)c1ccc(-n2c3c(c4ccccc42)C=CCC3)cc1. The number of aromatic nitrogens is 1. The van der Waals surface area contributed by atoms with Gasteiger partial charge in [0, 0.05) is 37.8 Å². The lowest BCUT2D eigenvalue weighted by Gasteiger charge is -2.46. The molecule has 3 nitrogen and oxygen atoms in total. The van der Waals surface area contributed by atoms with Gasteiger partial charge >= 0.3 is 0 Å². The fourth-order valence-corrected chi connectivity index (χ4v) is 9.77. The Labute approximate surface area is 312 Å². The van der Waals surface area contributed by atoms with E-state index in [-0.39, 0.29) is 0 Å². The Hall–Kier alpha value is -6.23. The van der Waals surface area contributed by atoms with Gasteiger partial charge < -0.3 is 9.47 Å². The van der Waals surface area contributed by atoms with Crippen molar-refractivity contribution >= 4 is 44.8 Å². The van der Waals surface area contributed by atoms with Crippen LogP contribution in [-0.2, 0) is 22.6 Å². The highest BCUT2D eigenvalue weighted by Gasteiger charge is 2.46. The van der Waals surface area contributed by atoms with Crippen molar-refractivity contribution in [2.45, 2.75) is 28.0 Å². The molecule has 0 N–H and O–H groups in total. The molecule has 1 aliphatic heterocycles. The molecule has 2 heterocycles. The van der Waals surface area contributed by atoms with Crippen molar-refractivity contribution in [3.05, 3.63) is 222 Å². The third-order valence-corrected chi connectivity index (χ3v) is 12.4. The van der Waals surface area contributed by atoms with Crippen LogP contribution in [0.5, 0.6) is 0 Å². The lowest BCUT2D eigenvalue weighted by molar-refractivity contribution is 0.683. The summed E-state index contributed by atoms with van der Waals surface area (Å²) in [6.07, 6.45) is 6.57. The van der Waals surface area contributed by atoms with Gasteiger partial charge in [0.2, 0.25) is 0 Å². The quantitative estimate of drug-likeness (QED) is 0.173. The Morgan fingerprint density at radius 1 is 0.509 bits per heavy atom. The van der Waals surface area contributed by atoms with Crippen LogP contribution in [0.1, 0.15) is 39.9 Å². The average molecular weight is 701 g/mol. The van der Waals surface area contributed by atoms with Gasteiger partial charge in [-0.15, -0.1) is 0 Å². The van der Waals surface area contributed by atoms with Crippen molar-refractivity contribution in [1.82, 2.24) is 4.57 Å². The molecule has 0 saturated heterocycles. The normalized spacial score (nSPS) is 14.7. The van der Waals surface area contributed by atoms with Crippen LogP contribution in [0.4, 0.5) is 17.1 Å². The smallest absolute Gasteiger partial charge is 0.0849 e. The summed E-state index contributed by atoms with van der Waals surface area (Å²) in [6, 6.07) is 64.4. The Bertz CT molecular complexity index is 2590. The van der Waals surface area contributed by atoms with Crippen molar-refractivity contribution in [2.75, 3.05) is 4.90 Å². The molecule has 53 heavy (non-hydrogen) atoms. The number of allylic oxidation sites excluding steroid dienone is 1. The predicted molar refractivity (Wildman–Crippen MR) is 218 cm³/mol. The number of nitrogens with zero attached hydrogens (tertiary/aromatic N) is 2. The van der Waals surface area contributed by atoms with E-state index in [2.05, 4.69) is 179 Å². The Kier molecular flexibility index (Phi) is 7.59. The molecule has 8 aromatic rings. The largest absolute Gasteiger partial charge is 0.313 e. The Balaban J connectivity index is 1.03. The van der Waals surface area contributed by atoms with Gasteiger partial charge in [-0.1, -0.05) is 127 Å². The Morgan fingerprint density at radius 2 is 1.02 bits per heavy atom.